The zero-order valence-electron chi connectivity index (χ0n) is 11.9. The summed E-state index contributed by atoms with van der Waals surface area (Å²) in [6.45, 7) is 3.83. The van der Waals surface area contributed by atoms with Crippen LogP contribution in [0.5, 0.6) is 0 Å². The van der Waals surface area contributed by atoms with Crippen LogP contribution in [0.2, 0.25) is 0 Å². The molecule has 1 saturated heterocycles. The van der Waals surface area contributed by atoms with Crippen molar-refractivity contribution in [2.45, 2.75) is 58.3 Å². The van der Waals surface area contributed by atoms with Gasteiger partial charge in [-0.15, -0.1) is 0 Å². The summed E-state index contributed by atoms with van der Waals surface area (Å²) >= 11 is 0. The van der Waals surface area contributed by atoms with Crippen molar-refractivity contribution >= 4 is 11.9 Å². The van der Waals surface area contributed by atoms with Crippen LogP contribution in [0.4, 0.5) is 0 Å². The molecule has 4 heteroatoms. The average molecular weight is 267 g/mol. The summed E-state index contributed by atoms with van der Waals surface area (Å²) < 4.78 is 0. The molecule has 0 spiro atoms. The second-order valence-electron chi connectivity index (χ2n) is 6.20. The van der Waals surface area contributed by atoms with Crippen molar-refractivity contribution in [3.8, 4) is 0 Å². The number of nitrogens with zero attached hydrogens (tertiary/aromatic N) is 1. The fourth-order valence-electron chi connectivity index (χ4n) is 3.29. The Morgan fingerprint density at radius 3 is 2.47 bits per heavy atom. The molecule has 1 aliphatic carbocycles. The number of hydrogen-bond acceptors (Lipinski definition) is 2. The average Bonchev–Trinajstić information content (AvgIpc) is 2.58. The van der Waals surface area contributed by atoms with E-state index in [0.29, 0.717) is 12.8 Å². The van der Waals surface area contributed by atoms with E-state index in [9.17, 15) is 14.7 Å². The molecule has 0 aromatic rings. The molecule has 1 unspecified atom stereocenters. The van der Waals surface area contributed by atoms with E-state index in [1.54, 1.807) is 0 Å². The van der Waals surface area contributed by atoms with E-state index in [0.717, 1.165) is 38.3 Å². The van der Waals surface area contributed by atoms with Gasteiger partial charge in [0, 0.05) is 19.5 Å². The lowest BCUT2D eigenvalue weighted by atomic mass is 9.66. The highest BCUT2D eigenvalue weighted by atomic mass is 16.4. The third kappa shape index (κ3) is 3.10. The largest absolute Gasteiger partial charge is 0.481 e. The Kier molecular flexibility index (Phi) is 4.48. The molecule has 1 aliphatic heterocycles. The van der Waals surface area contributed by atoms with Crippen molar-refractivity contribution in [3.63, 3.8) is 0 Å². The van der Waals surface area contributed by atoms with Crippen LogP contribution < -0.4 is 0 Å². The summed E-state index contributed by atoms with van der Waals surface area (Å²) in [6.07, 6.45) is 6.99. The van der Waals surface area contributed by atoms with E-state index in [1.165, 1.54) is 12.8 Å². The molecule has 108 valence electrons. The lowest BCUT2D eigenvalue weighted by molar-refractivity contribution is -0.159. The van der Waals surface area contributed by atoms with Crippen molar-refractivity contribution < 1.29 is 14.7 Å². The van der Waals surface area contributed by atoms with E-state index >= 15 is 0 Å². The Bertz CT molecular complexity index is 349. The standard InChI is InChI=1S/C15H25NO3/c1-2-12-5-3-9-16(10-6-12)13(17)11-15(14(18)19)7-4-8-15/h12H,2-11H2,1H3,(H,18,19). The molecule has 0 radical (unpaired) electrons. The normalized spacial score (nSPS) is 26.4. The first-order valence-corrected chi connectivity index (χ1v) is 7.58. The summed E-state index contributed by atoms with van der Waals surface area (Å²) in [7, 11) is 0. The van der Waals surface area contributed by atoms with Crippen LogP contribution in [-0.2, 0) is 9.59 Å². The monoisotopic (exact) mass is 267 g/mol. The highest BCUT2D eigenvalue weighted by molar-refractivity contribution is 5.85. The van der Waals surface area contributed by atoms with Crippen LogP contribution in [0.15, 0.2) is 0 Å². The number of hydrogen-bond donors (Lipinski definition) is 1. The van der Waals surface area contributed by atoms with Gasteiger partial charge in [0.25, 0.3) is 0 Å². The molecule has 19 heavy (non-hydrogen) atoms. The first-order valence-electron chi connectivity index (χ1n) is 7.58. The van der Waals surface area contributed by atoms with Gasteiger partial charge < -0.3 is 10.0 Å². The third-order valence-electron chi connectivity index (χ3n) is 5.03. The van der Waals surface area contributed by atoms with Crippen LogP contribution in [0.25, 0.3) is 0 Å². The van der Waals surface area contributed by atoms with Crippen molar-refractivity contribution in [3.05, 3.63) is 0 Å². The molecule has 1 atom stereocenters. The van der Waals surface area contributed by atoms with Gasteiger partial charge in [-0.3, -0.25) is 9.59 Å². The molecule has 1 heterocycles. The molecule has 1 saturated carbocycles. The number of carboxylic acid groups (broad SMARTS) is 1. The van der Waals surface area contributed by atoms with Gasteiger partial charge in [0.15, 0.2) is 0 Å². The summed E-state index contributed by atoms with van der Waals surface area (Å²) in [5.74, 6) is 0.00199. The number of aliphatic carboxylic acids is 1. The van der Waals surface area contributed by atoms with Gasteiger partial charge in [0.2, 0.25) is 5.91 Å². The Morgan fingerprint density at radius 1 is 1.21 bits per heavy atom. The minimum atomic E-state index is -0.784. The number of carbonyl (C=O) groups excluding carboxylic acids is 1. The van der Waals surface area contributed by atoms with E-state index < -0.39 is 11.4 Å². The van der Waals surface area contributed by atoms with Crippen LogP contribution in [-0.4, -0.2) is 35.0 Å². The molecule has 2 rings (SSSR count). The van der Waals surface area contributed by atoms with Crippen LogP contribution in [0.3, 0.4) is 0 Å². The fourth-order valence-corrected chi connectivity index (χ4v) is 3.29. The first kappa shape index (κ1) is 14.4. The van der Waals surface area contributed by atoms with Gasteiger partial charge in [-0.2, -0.15) is 0 Å². The predicted octanol–water partition coefficient (Wildman–Crippen LogP) is 2.67. The number of amides is 1. The van der Waals surface area contributed by atoms with Crippen LogP contribution >= 0.6 is 0 Å². The molecule has 1 amide bonds. The van der Waals surface area contributed by atoms with Crippen LogP contribution in [0, 0.1) is 11.3 Å². The van der Waals surface area contributed by atoms with Gasteiger partial charge in [-0.05, 0) is 38.0 Å². The maximum Gasteiger partial charge on any atom is 0.310 e. The fraction of sp³-hybridized carbons (Fsp3) is 0.867. The molecule has 1 N–H and O–H groups in total. The van der Waals surface area contributed by atoms with Gasteiger partial charge in [0.05, 0.1) is 5.41 Å². The Labute approximate surface area is 115 Å². The lowest BCUT2D eigenvalue weighted by Crippen LogP contribution is -2.44. The van der Waals surface area contributed by atoms with Gasteiger partial charge in [-0.25, -0.2) is 0 Å². The zero-order chi connectivity index (χ0) is 13.9. The minimum absolute atomic E-state index is 0.0545. The number of rotatable bonds is 4. The van der Waals surface area contributed by atoms with Crippen molar-refractivity contribution in [1.29, 1.82) is 0 Å². The molecule has 2 aliphatic rings. The molecule has 0 aromatic carbocycles. The zero-order valence-corrected chi connectivity index (χ0v) is 11.9. The quantitative estimate of drug-likeness (QED) is 0.852. The summed E-state index contributed by atoms with van der Waals surface area (Å²) in [6, 6.07) is 0. The Hall–Kier alpha value is -1.06. The molecule has 4 nitrogen and oxygen atoms in total. The second kappa shape index (κ2) is 5.93. The minimum Gasteiger partial charge on any atom is -0.481 e. The topological polar surface area (TPSA) is 57.6 Å². The number of carbonyl (C=O) groups is 2. The first-order chi connectivity index (χ1) is 9.07. The summed E-state index contributed by atoms with van der Waals surface area (Å²) in [5.41, 5.74) is -0.743. The molecule has 0 bridgehead atoms. The van der Waals surface area contributed by atoms with Crippen molar-refractivity contribution in [2.24, 2.45) is 11.3 Å². The summed E-state index contributed by atoms with van der Waals surface area (Å²) in [5, 5.41) is 9.30. The SMILES string of the molecule is CCC1CCCN(C(=O)CC2(C(=O)O)CCC2)CC1. The maximum atomic E-state index is 12.3. The molecule has 0 aromatic heterocycles. The van der Waals surface area contributed by atoms with Crippen molar-refractivity contribution in [2.75, 3.05) is 13.1 Å². The second-order valence-corrected chi connectivity index (χ2v) is 6.20. The van der Waals surface area contributed by atoms with Crippen molar-refractivity contribution in [1.82, 2.24) is 4.90 Å². The highest BCUT2D eigenvalue weighted by Gasteiger charge is 2.46. The smallest absolute Gasteiger partial charge is 0.310 e. The van der Waals surface area contributed by atoms with E-state index in [1.807, 2.05) is 4.90 Å². The molecular formula is C15H25NO3. The van der Waals surface area contributed by atoms with Gasteiger partial charge >= 0.3 is 5.97 Å². The number of carboxylic acids is 1. The Morgan fingerprint density at radius 2 is 1.95 bits per heavy atom. The van der Waals surface area contributed by atoms with Crippen LogP contribution in [0.1, 0.15) is 58.3 Å². The molecular weight excluding hydrogens is 242 g/mol. The predicted molar refractivity (Wildman–Crippen MR) is 72.7 cm³/mol. The third-order valence-corrected chi connectivity index (χ3v) is 5.03. The number of likely N-dealkylation sites (tertiary alicyclic amines) is 1. The van der Waals surface area contributed by atoms with E-state index in [-0.39, 0.29) is 12.3 Å². The lowest BCUT2D eigenvalue weighted by Gasteiger charge is -2.38. The Balaban J connectivity index is 1.91. The van der Waals surface area contributed by atoms with E-state index in [4.69, 9.17) is 0 Å². The van der Waals surface area contributed by atoms with Gasteiger partial charge in [0.1, 0.15) is 0 Å². The van der Waals surface area contributed by atoms with Gasteiger partial charge in [-0.1, -0.05) is 19.8 Å². The summed E-state index contributed by atoms with van der Waals surface area (Å²) in [4.78, 5) is 25.5. The maximum absolute atomic E-state index is 12.3. The van der Waals surface area contributed by atoms with E-state index in [2.05, 4.69) is 6.92 Å². The molecule has 2 fully saturated rings. The highest BCUT2D eigenvalue weighted by Crippen LogP contribution is 2.44.